The van der Waals surface area contributed by atoms with Crippen LogP contribution in [0.15, 0.2) is 66.7 Å². The van der Waals surface area contributed by atoms with Crippen LogP contribution in [-0.4, -0.2) is 20.4 Å². The second-order valence-electron chi connectivity index (χ2n) is 7.08. The highest BCUT2D eigenvalue weighted by Crippen LogP contribution is 2.49. The summed E-state index contributed by atoms with van der Waals surface area (Å²) in [5, 5.41) is 17.7. The van der Waals surface area contributed by atoms with Gasteiger partial charge in [0.25, 0.3) is 11.6 Å². The summed E-state index contributed by atoms with van der Waals surface area (Å²) in [7, 11) is 0. The van der Waals surface area contributed by atoms with Crippen LogP contribution in [-0.2, 0) is 10.5 Å². The second-order valence-corrected chi connectivity index (χ2v) is 7.08. The maximum atomic E-state index is 13.4. The van der Waals surface area contributed by atoms with Gasteiger partial charge < -0.3 is 10.6 Å². The third kappa shape index (κ3) is 1.87. The van der Waals surface area contributed by atoms with Crippen LogP contribution in [0.4, 0.5) is 17.1 Å². The molecular weight excluding hydrogens is 370 g/mol. The first-order valence-corrected chi connectivity index (χ1v) is 9.05. The van der Waals surface area contributed by atoms with Crippen molar-refractivity contribution >= 4 is 34.0 Å². The SMILES string of the molecule is O=C1Nc2ccc([N+](=O)[O-])cc2C12Nc1ccccc1-c1nc3ccccc3n12. The summed E-state index contributed by atoms with van der Waals surface area (Å²) in [5.41, 5.74) is 2.69. The van der Waals surface area contributed by atoms with E-state index in [1.165, 1.54) is 12.1 Å². The smallest absolute Gasteiger partial charge is 0.276 e. The number of hydrogen-bond acceptors (Lipinski definition) is 5. The van der Waals surface area contributed by atoms with Gasteiger partial charge >= 0.3 is 0 Å². The highest BCUT2D eigenvalue weighted by Gasteiger charge is 2.53. The standard InChI is InChI=1S/C21H13N5O3/c27-20-21(14-11-12(26(28)29)9-10-16(14)23-20)24-15-6-2-1-5-13(15)19-22-17-7-3-4-8-18(17)25(19)21/h1-11,24H,(H,23,27). The van der Waals surface area contributed by atoms with Crippen molar-refractivity contribution < 1.29 is 9.72 Å². The highest BCUT2D eigenvalue weighted by molar-refractivity contribution is 6.10. The number of rotatable bonds is 1. The molecule has 2 N–H and O–H groups in total. The summed E-state index contributed by atoms with van der Waals surface area (Å²) in [6.45, 7) is 0. The summed E-state index contributed by atoms with van der Waals surface area (Å²) in [6, 6.07) is 19.6. The molecule has 2 aliphatic rings. The summed E-state index contributed by atoms with van der Waals surface area (Å²) in [5.74, 6) is 0.321. The van der Waals surface area contributed by atoms with Crippen LogP contribution in [0.25, 0.3) is 22.4 Å². The second kappa shape index (κ2) is 5.20. The molecule has 1 amide bonds. The van der Waals surface area contributed by atoms with Gasteiger partial charge in [0.2, 0.25) is 5.66 Å². The molecule has 1 atom stereocenters. The topological polar surface area (TPSA) is 102 Å². The van der Waals surface area contributed by atoms with E-state index in [1.807, 2.05) is 53.1 Å². The summed E-state index contributed by atoms with van der Waals surface area (Å²) < 4.78 is 1.84. The fraction of sp³-hybridized carbons (Fsp3) is 0.0476. The lowest BCUT2D eigenvalue weighted by Crippen LogP contribution is -2.50. The Morgan fingerprint density at radius 2 is 1.79 bits per heavy atom. The molecule has 29 heavy (non-hydrogen) atoms. The molecule has 3 heterocycles. The van der Waals surface area contributed by atoms with E-state index in [-0.39, 0.29) is 11.6 Å². The van der Waals surface area contributed by atoms with Gasteiger partial charge in [0, 0.05) is 34.6 Å². The quantitative estimate of drug-likeness (QED) is 0.386. The Kier molecular flexibility index (Phi) is 2.83. The number of amides is 1. The first kappa shape index (κ1) is 15.8. The Labute approximate surface area is 163 Å². The number of nitrogens with one attached hydrogen (secondary N) is 2. The van der Waals surface area contributed by atoms with Crippen molar-refractivity contribution in [3.05, 3.63) is 82.4 Å². The maximum absolute atomic E-state index is 13.4. The molecule has 0 aliphatic carbocycles. The Morgan fingerprint density at radius 1 is 1.00 bits per heavy atom. The molecular formula is C21H13N5O3. The maximum Gasteiger partial charge on any atom is 0.276 e. The Hall–Kier alpha value is -4.20. The number of fused-ring (bicyclic) bond motifs is 8. The predicted molar refractivity (Wildman–Crippen MR) is 108 cm³/mol. The minimum absolute atomic E-state index is 0.0775. The van der Waals surface area contributed by atoms with Gasteiger partial charge in [0.05, 0.1) is 16.0 Å². The number of benzene rings is 3. The number of carbonyl (C=O) groups is 1. The average Bonchev–Trinajstić information content (AvgIpc) is 3.25. The molecule has 4 aromatic rings. The number of aromatic nitrogens is 2. The number of nitrogens with zero attached hydrogens (tertiary/aromatic N) is 3. The monoisotopic (exact) mass is 383 g/mol. The van der Waals surface area contributed by atoms with Gasteiger partial charge in [-0.15, -0.1) is 0 Å². The van der Waals surface area contributed by atoms with Crippen LogP contribution in [0.3, 0.4) is 0 Å². The zero-order chi connectivity index (χ0) is 19.8. The molecule has 1 aromatic heterocycles. The van der Waals surface area contributed by atoms with Crippen molar-refractivity contribution in [2.75, 3.05) is 10.6 Å². The van der Waals surface area contributed by atoms with Crippen LogP contribution < -0.4 is 10.6 Å². The van der Waals surface area contributed by atoms with Crippen LogP contribution in [0.2, 0.25) is 0 Å². The molecule has 0 saturated heterocycles. The van der Waals surface area contributed by atoms with Crippen LogP contribution >= 0.6 is 0 Å². The summed E-state index contributed by atoms with van der Waals surface area (Å²) in [6.07, 6.45) is 0. The van der Waals surface area contributed by atoms with Gasteiger partial charge in [-0.05, 0) is 30.3 Å². The van der Waals surface area contributed by atoms with Crippen LogP contribution in [0.1, 0.15) is 5.56 Å². The van der Waals surface area contributed by atoms with E-state index >= 15 is 0 Å². The molecule has 0 saturated carbocycles. The minimum Gasteiger partial charge on any atom is -0.350 e. The predicted octanol–water partition coefficient (Wildman–Crippen LogP) is 3.69. The zero-order valence-corrected chi connectivity index (χ0v) is 14.9. The Morgan fingerprint density at radius 3 is 2.66 bits per heavy atom. The number of para-hydroxylation sites is 3. The van der Waals surface area contributed by atoms with E-state index in [1.54, 1.807) is 6.07 Å². The average molecular weight is 383 g/mol. The van der Waals surface area contributed by atoms with Gasteiger partial charge in [-0.25, -0.2) is 4.98 Å². The van der Waals surface area contributed by atoms with E-state index in [0.717, 1.165) is 22.3 Å². The number of anilines is 2. The largest absolute Gasteiger partial charge is 0.350 e. The van der Waals surface area contributed by atoms with Crippen molar-refractivity contribution in [2.24, 2.45) is 0 Å². The summed E-state index contributed by atoms with van der Waals surface area (Å²) >= 11 is 0. The molecule has 8 nitrogen and oxygen atoms in total. The van der Waals surface area contributed by atoms with Gasteiger partial charge in [-0.2, -0.15) is 0 Å². The Bertz CT molecular complexity index is 1380. The summed E-state index contributed by atoms with van der Waals surface area (Å²) in [4.78, 5) is 29.2. The lowest BCUT2D eigenvalue weighted by molar-refractivity contribution is -0.384. The fourth-order valence-corrected chi connectivity index (χ4v) is 4.32. The molecule has 1 spiro atoms. The van der Waals surface area contributed by atoms with Crippen molar-refractivity contribution in [3.63, 3.8) is 0 Å². The highest BCUT2D eigenvalue weighted by atomic mass is 16.6. The molecule has 0 radical (unpaired) electrons. The van der Waals surface area contributed by atoms with Gasteiger partial charge in [-0.3, -0.25) is 19.5 Å². The number of carbonyl (C=O) groups excluding carboxylic acids is 1. The van der Waals surface area contributed by atoms with Crippen molar-refractivity contribution in [1.29, 1.82) is 0 Å². The Balaban J connectivity index is 1.77. The van der Waals surface area contributed by atoms with Crippen molar-refractivity contribution in [1.82, 2.24) is 9.55 Å². The number of nitro groups is 1. The molecule has 0 fully saturated rings. The molecule has 0 bridgehead atoms. The lowest BCUT2D eigenvalue weighted by atomic mass is 9.95. The van der Waals surface area contributed by atoms with E-state index in [2.05, 4.69) is 10.6 Å². The first-order chi connectivity index (χ1) is 14.1. The number of nitro benzene ring substituents is 1. The number of imidazole rings is 1. The van der Waals surface area contributed by atoms with Gasteiger partial charge in [0.1, 0.15) is 5.82 Å². The molecule has 140 valence electrons. The van der Waals surface area contributed by atoms with E-state index in [4.69, 9.17) is 4.98 Å². The zero-order valence-electron chi connectivity index (χ0n) is 14.9. The lowest BCUT2D eigenvalue weighted by Gasteiger charge is -2.37. The molecule has 1 unspecified atom stereocenters. The molecule has 6 rings (SSSR count). The molecule has 8 heteroatoms. The van der Waals surface area contributed by atoms with E-state index in [9.17, 15) is 14.9 Å². The van der Waals surface area contributed by atoms with Crippen LogP contribution in [0.5, 0.6) is 0 Å². The first-order valence-electron chi connectivity index (χ1n) is 9.05. The van der Waals surface area contributed by atoms with E-state index in [0.29, 0.717) is 17.1 Å². The van der Waals surface area contributed by atoms with E-state index < -0.39 is 10.6 Å². The minimum atomic E-state index is -1.37. The van der Waals surface area contributed by atoms with Crippen molar-refractivity contribution in [3.8, 4) is 11.4 Å². The van der Waals surface area contributed by atoms with Gasteiger partial charge in [-0.1, -0.05) is 24.3 Å². The third-order valence-corrected chi connectivity index (χ3v) is 5.56. The van der Waals surface area contributed by atoms with Crippen molar-refractivity contribution in [2.45, 2.75) is 5.66 Å². The van der Waals surface area contributed by atoms with Crippen LogP contribution in [0, 0.1) is 10.1 Å². The normalized spacial score (nSPS) is 18.7. The molecule has 3 aromatic carbocycles. The number of hydrogen-bond donors (Lipinski definition) is 2. The molecule has 2 aliphatic heterocycles. The fourth-order valence-electron chi connectivity index (χ4n) is 4.32. The third-order valence-electron chi connectivity index (χ3n) is 5.56. The number of non-ortho nitro benzene ring substituents is 1. The van der Waals surface area contributed by atoms with Gasteiger partial charge in [0.15, 0.2) is 0 Å².